The molecule has 55 heavy (non-hydrogen) atoms. The van der Waals surface area contributed by atoms with Gasteiger partial charge in [-0.2, -0.15) is 0 Å². The molecule has 1 fully saturated rings. The third-order valence-corrected chi connectivity index (χ3v) is 11.0. The highest BCUT2D eigenvalue weighted by atomic mass is 35.5. The molecule has 5 rings (SSSR count). The number of hydrogen-bond donors (Lipinski definition) is 3. The van der Waals surface area contributed by atoms with Gasteiger partial charge >= 0.3 is 5.97 Å². The molecule has 2 aliphatic rings. The lowest BCUT2D eigenvalue weighted by Crippen LogP contribution is -2.59. The van der Waals surface area contributed by atoms with E-state index in [0.29, 0.717) is 37.9 Å². The van der Waals surface area contributed by atoms with Gasteiger partial charge in [-0.3, -0.25) is 28.8 Å². The summed E-state index contributed by atoms with van der Waals surface area (Å²) in [5.74, 6) is -3.91. The molecule has 2 heterocycles. The summed E-state index contributed by atoms with van der Waals surface area (Å²) in [6.45, 7) is 2.53. The number of nitrogens with zero attached hydrogens (tertiary/aromatic N) is 2. The Hall–Kier alpha value is -4.88. The number of ketones is 1. The van der Waals surface area contributed by atoms with E-state index in [4.69, 9.17) is 16.3 Å². The number of likely N-dealkylation sites (tertiary alicyclic amines) is 1. The van der Waals surface area contributed by atoms with Crippen molar-refractivity contribution in [2.75, 3.05) is 19.5 Å². The van der Waals surface area contributed by atoms with Crippen LogP contribution in [0.25, 0.3) is 5.57 Å². The average Bonchev–Trinajstić information content (AvgIpc) is 3.88. The van der Waals surface area contributed by atoms with Gasteiger partial charge in [0.05, 0.1) is 30.3 Å². The van der Waals surface area contributed by atoms with E-state index in [1.807, 2.05) is 60.8 Å². The lowest BCUT2D eigenvalue weighted by atomic mass is 9.89. The number of benzene rings is 2. The summed E-state index contributed by atoms with van der Waals surface area (Å²) in [4.78, 5) is 86.5. The number of hydrogen-bond acceptors (Lipinski definition) is 9. The first-order valence-corrected chi connectivity index (χ1v) is 20.1. The Labute approximate surface area is 330 Å². The topological polar surface area (TPSA) is 164 Å². The van der Waals surface area contributed by atoms with E-state index in [-0.39, 0.29) is 56.2 Å². The number of halogens is 1. The number of aromatic nitrogens is 1. The Morgan fingerprint density at radius 1 is 1.00 bits per heavy atom. The van der Waals surface area contributed by atoms with Crippen molar-refractivity contribution < 1.29 is 33.5 Å². The van der Waals surface area contributed by atoms with Crippen LogP contribution >= 0.6 is 22.9 Å². The Kier molecular flexibility index (Phi) is 15.1. The maximum absolute atomic E-state index is 14.4. The SMILES string of the molecule is COC(=O)CC[C@H](NC(=O)CCl)C(=O)N1CCCC[C@H]1C(=O)N[C@@H](CC1=CCc2ccccc21)C(=O)C[C@@H](Cc1cscn1)C(=O)NCc1ccc(C)cc1. The number of esters is 1. The van der Waals surface area contributed by atoms with Crippen LogP contribution in [0.5, 0.6) is 0 Å². The molecule has 1 aliphatic heterocycles. The van der Waals surface area contributed by atoms with E-state index >= 15 is 0 Å². The predicted octanol–water partition coefficient (Wildman–Crippen LogP) is 4.46. The Morgan fingerprint density at radius 3 is 2.51 bits per heavy atom. The number of thiazole rings is 1. The number of nitrogens with one attached hydrogen (secondary N) is 3. The van der Waals surface area contributed by atoms with Gasteiger partial charge in [0.15, 0.2) is 5.78 Å². The summed E-state index contributed by atoms with van der Waals surface area (Å²) < 4.78 is 4.74. The van der Waals surface area contributed by atoms with Crippen molar-refractivity contribution in [3.8, 4) is 0 Å². The van der Waals surface area contributed by atoms with E-state index in [9.17, 15) is 28.8 Å². The van der Waals surface area contributed by atoms with Gasteiger partial charge in [-0.1, -0.05) is 60.2 Å². The summed E-state index contributed by atoms with van der Waals surface area (Å²) in [6, 6.07) is 12.7. The molecule has 0 saturated carbocycles. The highest BCUT2D eigenvalue weighted by Gasteiger charge is 2.38. The smallest absolute Gasteiger partial charge is 0.305 e. The molecule has 292 valence electrons. The second-order valence-corrected chi connectivity index (χ2v) is 15.0. The van der Waals surface area contributed by atoms with Gasteiger partial charge < -0.3 is 25.6 Å². The number of ether oxygens (including phenoxy) is 1. The van der Waals surface area contributed by atoms with Gasteiger partial charge in [-0.15, -0.1) is 22.9 Å². The van der Waals surface area contributed by atoms with Gasteiger partial charge in [0.1, 0.15) is 18.0 Å². The Balaban J connectivity index is 1.37. The second-order valence-electron chi connectivity index (χ2n) is 14.0. The molecule has 3 aromatic rings. The summed E-state index contributed by atoms with van der Waals surface area (Å²) in [6.07, 6.45) is 4.50. The van der Waals surface area contributed by atoms with Crippen LogP contribution in [0.2, 0.25) is 0 Å². The molecule has 0 radical (unpaired) electrons. The van der Waals surface area contributed by atoms with Crippen molar-refractivity contribution in [2.24, 2.45) is 5.92 Å². The van der Waals surface area contributed by atoms with Crippen molar-refractivity contribution in [3.63, 3.8) is 0 Å². The first-order valence-electron chi connectivity index (χ1n) is 18.6. The van der Waals surface area contributed by atoms with E-state index < -0.39 is 47.7 Å². The van der Waals surface area contributed by atoms with Crippen molar-refractivity contribution in [3.05, 3.63) is 93.4 Å². The minimum atomic E-state index is -1.11. The number of piperidine rings is 1. The zero-order valence-electron chi connectivity index (χ0n) is 31.2. The van der Waals surface area contributed by atoms with Crippen molar-refractivity contribution in [1.82, 2.24) is 25.8 Å². The summed E-state index contributed by atoms with van der Waals surface area (Å²) in [5, 5.41) is 10.4. The fourth-order valence-corrected chi connectivity index (χ4v) is 7.73. The molecule has 1 aliphatic carbocycles. The molecular formula is C41H48ClN5O7S. The maximum Gasteiger partial charge on any atom is 0.305 e. The first-order chi connectivity index (χ1) is 26.6. The number of amides is 4. The van der Waals surface area contributed by atoms with Crippen LogP contribution in [0.15, 0.2) is 65.5 Å². The molecule has 4 atom stereocenters. The van der Waals surface area contributed by atoms with Crippen LogP contribution in [0.3, 0.4) is 0 Å². The number of methoxy groups -OCH3 is 1. The molecule has 4 amide bonds. The number of fused-ring (bicyclic) bond motifs is 1. The summed E-state index contributed by atoms with van der Waals surface area (Å²) >= 11 is 7.14. The molecule has 2 aromatic carbocycles. The molecule has 0 unspecified atom stereocenters. The van der Waals surface area contributed by atoms with E-state index in [1.165, 1.54) is 23.3 Å². The van der Waals surface area contributed by atoms with Gasteiger partial charge in [0.2, 0.25) is 23.6 Å². The third kappa shape index (κ3) is 11.6. The van der Waals surface area contributed by atoms with Crippen LogP contribution < -0.4 is 16.0 Å². The maximum atomic E-state index is 14.4. The Morgan fingerprint density at radius 2 is 1.78 bits per heavy atom. The highest BCUT2D eigenvalue weighted by molar-refractivity contribution is 7.07. The van der Waals surface area contributed by atoms with Gasteiger partial charge in [-0.05, 0) is 61.3 Å². The molecule has 0 bridgehead atoms. The molecule has 0 spiro atoms. The fourth-order valence-electron chi connectivity index (χ4n) is 7.08. The fraction of sp³-hybridized carbons (Fsp3) is 0.439. The summed E-state index contributed by atoms with van der Waals surface area (Å²) in [7, 11) is 1.23. The molecule has 1 aromatic heterocycles. The molecule has 12 nitrogen and oxygen atoms in total. The third-order valence-electron chi connectivity index (χ3n) is 10.1. The van der Waals surface area contributed by atoms with Crippen molar-refractivity contribution in [1.29, 1.82) is 0 Å². The minimum absolute atomic E-state index is 0.0417. The van der Waals surface area contributed by atoms with Crippen LogP contribution in [-0.4, -0.2) is 82.9 Å². The Bertz CT molecular complexity index is 1870. The van der Waals surface area contributed by atoms with Crippen LogP contribution in [0.4, 0.5) is 0 Å². The monoisotopic (exact) mass is 789 g/mol. The predicted molar refractivity (Wildman–Crippen MR) is 210 cm³/mol. The van der Waals surface area contributed by atoms with Gasteiger partial charge in [0.25, 0.3) is 0 Å². The first kappa shape index (κ1) is 41.3. The van der Waals surface area contributed by atoms with E-state index in [1.54, 1.807) is 5.51 Å². The van der Waals surface area contributed by atoms with Crippen LogP contribution in [-0.2, 0) is 52.9 Å². The van der Waals surface area contributed by atoms with E-state index in [2.05, 4.69) is 27.0 Å². The normalized spacial score (nSPS) is 16.5. The van der Waals surface area contributed by atoms with Crippen LogP contribution in [0.1, 0.15) is 72.9 Å². The standard InChI is InChI=1S/C41H48ClN5O7S/c1-26-10-12-27(13-11-26)23-43-39(51)30(19-31-24-55-25-44-31)21-36(48)34(20-29-15-14-28-7-3-4-8-32(28)29)46-40(52)35-9-5-6-18-47(35)41(53)33(45-37(49)22-42)16-17-38(50)54-2/h3-4,7-8,10-13,15,24-25,30,33-35H,5-6,9,14,16-23H2,1-2H3,(H,43,51)(H,45,49)(H,46,52)/t30-,33+,34+,35+/m1/s1. The van der Waals surface area contributed by atoms with Gasteiger partial charge in [0, 0.05) is 44.2 Å². The average molecular weight is 790 g/mol. The van der Waals surface area contributed by atoms with Crippen LogP contribution in [0, 0.1) is 12.8 Å². The highest BCUT2D eigenvalue weighted by Crippen LogP contribution is 2.31. The van der Waals surface area contributed by atoms with Crippen molar-refractivity contribution >= 4 is 63.9 Å². The lowest BCUT2D eigenvalue weighted by Gasteiger charge is -2.37. The number of Topliss-reactive ketones (excluding diaryl/α,β-unsaturated/α-hetero) is 1. The summed E-state index contributed by atoms with van der Waals surface area (Å²) in [5.41, 5.74) is 7.45. The number of carbonyl (C=O) groups is 6. The second kappa shape index (κ2) is 20.2. The number of allylic oxidation sites excluding steroid dienone is 1. The molecule has 14 heteroatoms. The molecule has 3 N–H and O–H groups in total. The number of alkyl halides is 1. The zero-order valence-corrected chi connectivity index (χ0v) is 32.8. The lowest BCUT2D eigenvalue weighted by molar-refractivity contribution is -0.146. The van der Waals surface area contributed by atoms with Crippen molar-refractivity contribution in [2.45, 2.75) is 89.4 Å². The zero-order chi connectivity index (χ0) is 39.3. The minimum Gasteiger partial charge on any atom is -0.469 e. The molecular weight excluding hydrogens is 742 g/mol. The largest absolute Gasteiger partial charge is 0.469 e. The number of rotatable bonds is 18. The molecule has 1 saturated heterocycles. The quantitative estimate of drug-likeness (QED) is 0.126. The number of aryl methyl sites for hydroxylation is 1. The number of carbonyl (C=O) groups excluding carboxylic acids is 6. The van der Waals surface area contributed by atoms with E-state index in [0.717, 1.165) is 27.8 Å². The van der Waals surface area contributed by atoms with Gasteiger partial charge in [-0.25, -0.2) is 4.98 Å².